The first-order chi connectivity index (χ1) is 7.74. The number of nitrogen functional groups attached to an aromatic ring is 1. The molecule has 0 aliphatic rings. The molecule has 16 heavy (non-hydrogen) atoms. The summed E-state index contributed by atoms with van der Waals surface area (Å²) in [5.74, 6) is 0.730. The van der Waals surface area contributed by atoms with E-state index >= 15 is 0 Å². The van der Waals surface area contributed by atoms with E-state index in [0.29, 0.717) is 0 Å². The Balaban J connectivity index is 1.99. The maximum Gasteiger partial charge on any atom is 0.187 e. The highest BCUT2D eigenvalue weighted by atomic mass is 32.2. The standard InChI is InChI=1S/C11H12N4S/c1-8-5-14-11(15-6-8)16-7-10-4-9(12)2-3-13-10/h2-6H,7H2,1H3,(H2,12,13). The highest BCUT2D eigenvalue weighted by Gasteiger charge is 2.00. The summed E-state index contributed by atoms with van der Waals surface area (Å²) in [6.45, 7) is 1.97. The Kier molecular flexibility index (Phi) is 3.36. The van der Waals surface area contributed by atoms with Gasteiger partial charge in [-0.3, -0.25) is 4.98 Å². The monoisotopic (exact) mass is 232 g/mol. The van der Waals surface area contributed by atoms with E-state index in [1.165, 1.54) is 0 Å². The predicted octanol–water partition coefficient (Wildman–Crippen LogP) is 2.05. The van der Waals surface area contributed by atoms with Crippen molar-refractivity contribution in [1.29, 1.82) is 0 Å². The minimum absolute atomic E-state index is 0.730. The Hall–Kier alpha value is -1.62. The van der Waals surface area contributed by atoms with E-state index in [9.17, 15) is 0 Å². The molecule has 5 heteroatoms. The molecule has 2 N–H and O–H groups in total. The molecule has 0 amide bonds. The molecule has 2 rings (SSSR count). The van der Waals surface area contributed by atoms with Gasteiger partial charge in [-0.2, -0.15) is 0 Å². The largest absolute Gasteiger partial charge is 0.399 e. The van der Waals surface area contributed by atoms with Crippen molar-refractivity contribution in [1.82, 2.24) is 15.0 Å². The molecule has 2 aromatic heterocycles. The quantitative estimate of drug-likeness (QED) is 0.648. The maximum absolute atomic E-state index is 5.67. The fourth-order valence-corrected chi connectivity index (χ4v) is 1.86. The van der Waals surface area contributed by atoms with E-state index < -0.39 is 0 Å². The molecular weight excluding hydrogens is 220 g/mol. The summed E-state index contributed by atoms with van der Waals surface area (Å²) in [5, 5.41) is 0.759. The summed E-state index contributed by atoms with van der Waals surface area (Å²) in [6.07, 6.45) is 5.32. The van der Waals surface area contributed by atoms with Gasteiger partial charge in [0.2, 0.25) is 0 Å². The zero-order chi connectivity index (χ0) is 11.4. The van der Waals surface area contributed by atoms with Gasteiger partial charge in [0.15, 0.2) is 5.16 Å². The van der Waals surface area contributed by atoms with Crippen LogP contribution in [0.3, 0.4) is 0 Å². The zero-order valence-electron chi connectivity index (χ0n) is 8.92. The number of rotatable bonds is 3. The third-order valence-corrected chi connectivity index (χ3v) is 2.86. The fraction of sp³-hybridized carbons (Fsp3) is 0.182. The second kappa shape index (κ2) is 4.94. The van der Waals surface area contributed by atoms with Crippen LogP contribution in [0.15, 0.2) is 35.9 Å². The molecule has 0 aliphatic carbocycles. The summed E-state index contributed by atoms with van der Waals surface area (Å²) in [6, 6.07) is 3.64. The second-order valence-corrected chi connectivity index (χ2v) is 4.35. The normalized spacial score (nSPS) is 10.3. The van der Waals surface area contributed by atoms with E-state index in [2.05, 4.69) is 15.0 Å². The van der Waals surface area contributed by atoms with E-state index in [0.717, 1.165) is 27.9 Å². The number of thioether (sulfide) groups is 1. The molecule has 0 atom stereocenters. The molecule has 0 fully saturated rings. The Morgan fingerprint density at radius 2 is 2.00 bits per heavy atom. The molecule has 2 heterocycles. The molecule has 0 unspecified atom stereocenters. The van der Waals surface area contributed by atoms with Crippen LogP contribution in [-0.2, 0) is 5.75 Å². The Labute approximate surface area is 98.3 Å². The van der Waals surface area contributed by atoms with Gasteiger partial charge >= 0.3 is 0 Å². The van der Waals surface area contributed by atoms with Crippen LogP contribution in [0.25, 0.3) is 0 Å². The number of nitrogens with two attached hydrogens (primary N) is 1. The van der Waals surface area contributed by atoms with Crippen molar-refractivity contribution in [3.05, 3.63) is 42.0 Å². The molecule has 4 nitrogen and oxygen atoms in total. The van der Waals surface area contributed by atoms with Crippen molar-refractivity contribution in [3.63, 3.8) is 0 Å². The molecular formula is C11H12N4S. The number of nitrogens with zero attached hydrogens (tertiary/aromatic N) is 3. The summed E-state index contributed by atoms with van der Waals surface area (Å²) in [4.78, 5) is 12.6. The van der Waals surface area contributed by atoms with Crippen LogP contribution in [0.2, 0.25) is 0 Å². The van der Waals surface area contributed by atoms with Crippen LogP contribution in [0, 0.1) is 6.92 Å². The van der Waals surface area contributed by atoms with Crippen LogP contribution in [0.1, 0.15) is 11.3 Å². The lowest BCUT2D eigenvalue weighted by Gasteiger charge is -2.01. The predicted molar refractivity (Wildman–Crippen MR) is 65.0 cm³/mol. The molecule has 0 spiro atoms. The number of aromatic nitrogens is 3. The smallest absolute Gasteiger partial charge is 0.187 e. The lowest BCUT2D eigenvalue weighted by Crippen LogP contribution is -1.92. The number of hydrogen-bond acceptors (Lipinski definition) is 5. The third-order valence-electron chi connectivity index (χ3n) is 1.95. The zero-order valence-corrected chi connectivity index (χ0v) is 9.74. The molecule has 0 saturated heterocycles. The SMILES string of the molecule is Cc1cnc(SCc2cc(N)ccn2)nc1. The summed E-state index contributed by atoms with van der Waals surface area (Å²) in [5.41, 5.74) is 8.40. The first-order valence-electron chi connectivity index (χ1n) is 4.86. The van der Waals surface area contributed by atoms with E-state index in [4.69, 9.17) is 5.73 Å². The van der Waals surface area contributed by atoms with Crippen LogP contribution < -0.4 is 5.73 Å². The van der Waals surface area contributed by atoms with Crippen LogP contribution >= 0.6 is 11.8 Å². The Morgan fingerprint density at radius 1 is 1.25 bits per heavy atom. The maximum atomic E-state index is 5.67. The fourth-order valence-electron chi connectivity index (χ4n) is 1.17. The third kappa shape index (κ3) is 2.93. The molecule has 0 radical (unpaired) electrons. The van der Waals surface area contributed by atoms with E-state index in [1.807, 2.05) is 25.4 Å². The molecule has 0 aliphatic heterocycles. The van der Waals surface area contributed by atoms with Crippen molar-refractivity contribution in [2.45, 2.75) is 17.8 Å². The summed E-state index contributed by atoms with van der Waals surface area (Å²) >= 11 is 1.55. The lowest BCUT2D eigenvalue weighted by molar-refractivity contribution is 0.948. The van der Waals surface area contributed by atoms with Gasteiger partial charge in [-0.15, -0.1) is 0 Å². The summed E-state index contributed by atoms with van der Waals surface area (Å²) < 4.78 is 0. The average molecular weight is 232 g/mol. The van der Waals surface area contributed by atoms with Gasteiger partial charge in [0.05, 0.1) is 5.69 Å². The van der Waals surface area contributed by atoms with Crippen LogP contribution in [-0.4, -0.2) is 15.0 Å². The van der Waals surface area contributed by atoms with Crippen molar-refractivity contribution in [2.24, 2.45) is 0 Å². The van der Waals surface area contributed by atoms with Crippen molar-refractivity contribution in [2.75, 3.05) is 5.73 Å². The van der Waals surface area contributed by atoms with Gasteiger partial charge in [-0.05, 0) is 24.6 Å². The van der Waals surface area contributed by atoms with Crippen molar-refractivity contribution in [3.8, 4) is 0 Å². The van der Waals surface area contributed by atoms with Crippen LogP contribution in [0.5, 0.6) is 0 Å². The molecule has 2 aromatic rings. The van der Waals surface area contributed by atoms with Gasteiger partial charge in [0.1, 0.15) is 0 Å². The van der Waals surface area contributed by atoms with Crippen LogP contribution in [0.4, 0.5) is 5.69 Å². The van der Waals surface area contributed by atoms with E-state index in [1.54, 1.807) is 24.0 Å². The number of hydrogen-bond donors (Lipinski definition) is 1. The topological polar surface area (TPSA) is 64.7 Å². The first-order valence-corrected chi connectivity index (χ1v) is 5.84. The van der Waals surface area contributed by atoms with E-state index in [-0.39, 0.29) is 0 Å². The molecule has 0 saturated carbocycles. The van der Waals surface area contributed by atoms with Gasteiger partial charge < -0.3 is 5.73 Å². The van der Waals surface area contributed by atoms with Gasteiger partial charge in [-0.1, -0.05) is 11.8 Å². The van der Waals surface area contributed by atoms with Gasteiger partial charge in [-0.25, -0.2) is 9.97 Å². The molecule has 82 valence electrons. The average Bonchev–Trinajstić information content (AvgIpc) is 2.28. The minimum atomic E-state index is 0.730. The van der Waals surface area contributed by atoms with Gasteiger partial charge in [0.25, 0.3) is 0 Å². The van der Waals surface area contributed by atoms with Crippen molar-refractivity contribution >= 4 is 17.4 Å². The number of pyridine rings is 1. The highest BCUT2D eigenvalue weighted by Crippen LogP contribution is 2.18. The summed E-state index contributed by atoms with van der Waals surface area (Å²) in [7, 11) is 0. The molecule has 0 aromatic carbocycles. The Morgan fingerprint density at radius 3 is 2.69 bits per heavy atom. The molecule has 0 bridgehead atoms. The van der Waals surface area contributed by atoms with Crippen molar-refractivity contribution < 1.29 is 0 Å². The highest BCUT2D eigenvalue weighted by molar-refractivity contribution is 7.98. The number of aryl methyl sites for hydroxylation is 1. The minimum Gasteiger partial charge on any atom is -0.399 e. The first kappa shape index (κ1) is 10.9. The Bertz CT molecular complexity index is 470. The lowest BCUT2D eigenvalue weighted by atomic mass is 10.3. The number of anilines is 1. The van der Waals surface area contributed by atoms with Gasteiger partial charge in [0, 0.05) is 30.0 Å². The second-order valence-electron chi connectivity index (χ2n) is 3.41.